The number of benzene rings is 2. The third kappa shape index (κ3) is 3.35. The van der Waals surface area contributed by atoms with Crippen molar-refractivity contribution in [2.45, 2.75) is 50.4 Å². The minimum absolute atomic E-state index is 0.149. The van der Waals surface area contributed by atoms with Crippen molar-refractivity contribution in [3.05, 3.63) is 64.7 Å². The number of carbonyl (C=O) groups is 3. The topological polar surface area (TPSA) is 105 Å². The van der Waals surface area contributed by atoms with E-state index in [0.29, 0.717) is 25.1 Å². The molecule has 154 valence electrons. The predicted octanol–water partition coefficient (Wildman–Crippen LogP) is 2.01. The van der Waals surface area contributed by atoms with Crippen LogP contribution in [0.4, 0.5) is 5.69 Å². The molecule has 2 aromatic carbocycles. The van der Waals surface area contributed by atoms with Gasteiger partial charge in [0.05, 0.1) is 0 Å². The zero-order valence-electron chi connectivity index (χ0n) is 16.6. The van der Waals surface area contributed by atoms with Crippen LogP contribution in [-0.2, 0) is 28.2 Å². The van der Waals surface area contributed by atoms with Crippen molar-refractivity contribution >= 4 is 23.4 Å². The molecule has 3 aliphatic rings. The average Bonchev–Trinajstić information content (AvgIpc) is 3.41. The lowest BCUT2D eigenvalue weighted by Gasteiger charge is -2.29. The molecular formula is C23H24N4O3. The van der Waals surface area contributed by atoms with Crippen molar-refractivity contribution in [2.75, 3.05) is 5.32 Å². The summed E-state index contributed by atoms with van der Waals surface area (Å²) in [4.78, 5) is 37.9. The molecule has 2 aromatic rings. The maximum atomic E-state index is 12.8. The zero-order valence-corrected chi connectivity index (χ0v) is 16.6. The molecular weight excluding hydrogens is 380 g/mol. The predicted molar refractivity (Wildman–Crippen MR) is 111 cm³/mol. The van der Waals surface area contributed by atoms with E-state index in [-0.39, 0.29) is 29.7 Å². The van der Waals surface area contributed by atoms with Gasteiger partial charge in [-0.05, 0) is 54.2 Å². The molecule has 1 saturated carbocycles. The van der Waals surface area contributed by atoms with Crippen LogP contribution in [0.5, 0.6) is 0 Å². The summed E-state index contributed by atoms with van der Waals surface area (Å²) in [6, 6.07) is 13.4. The molecule has 1 aliphatic carbocycles. The minimum atomic E-state index is -0.585. The van der Waals surface area contributed by atoms with Crippen molar-refractivity contribution in [3.8, 4) is 0 Å². The van der Waals surface area contributed by atoms with Gasteiger partial charge in [0, 0.05) is 36.3 Å². The highest BCUT2D eigenvalue weighted by Gasteiger charge is 2.40. The maximum absolute atomic E-state index is 12.8. The van der Waals surface area contributed by atoms with Crippen LogP contribution in [0.3, 0.4) is 0 Å². The third-order valence-electron chi connectivity index (χ3n) is 6.31. The molecule has 0 radical (unpaired) electrons. The number of piperidine rings is 1. The lowest BCUT2D eigenvalue weighted by atomic mass is 10.0. The Hall–Kier alpha value is -3.19. The van der Waals surface area contributed by atoms with E-state index < -0.39 is 6.04 Å². The Balaban J connectivity index is 1.28. The lowest BCUT2D eigenvalue weighted by molar-refractivity contribution is -0.136. The summed E-state index contributed by atoms with van der Waals surface area (Å²) in [7, 11) is 0. The van der Waals surface area contributed by atoms with Gasteiger partial charge in [-0.1, -0.05) is 24.3 Å². The molecule has 7 heteroatoms. The molecule has 5 rings (SSSR count). The summed E-state index contributed by atoms with van der Waals surface area (Å²) in [6.07, 6.45) is 2.69. The number of anilines is 1. The van der Waals surface area contributed by atoms with Crippen LogP contribution in [0.2, 0.25) is 0 Å². The van der Waals surface area contributed by atoms with E-state index >= 15 is 0 Å². The largest absolute Gasteiger partial charge is 0.381 e. The summed E-state index contributed by atoms with van der Waals surface area (Å²) < 4.78 is 0. The SMILES string of the molecule is NC1(c2cccc(NCc3ccc4c(c3)CN(C3CCC(=O)NC3=O)C4=O)c2)CC1. The highest BCUT2D eigenvalue weighted by atomic mass is 16.2. The number of imide groups is 1. The number of hydrogen-bond acceptors (Lipinski definition) is 5. The van der Waals surface area contributed by atoms with Gasteiger partial charge in [0.25, 0.3) is 5.91 Å². The van der Waals surface area contributed by atoms with Gasteiger partial charge in [-0.3, -0.25) is 19.7 Å². The van der Waals surface area contributed by atoms with Gasteiger partial charge in [0.1, 0.15) is 6.04 Å². The van der Waals surface area contributed by atoms with E-state index in [9.17, 15) is 14.4 Å². The van der Waals surface area contributed by atoms with Crippen LogP contribution in [-0.4, -0.2) is 28.7 Å². The summed E-state index contributed by atoms with van der Waals surface area (Å²) in [5.74, 6) is -0.813. The first-order valence-corrected chi connectivity index (χ1v) is 10.3. The molecule has 7 nitrogen and oxygen atoms in total. The van der Waals surface area contributed by atoms with Gasteiger partial charge in [-0.15, -0.1) is 0 Å². The third-order valence-corrected chi connectivity index (χ3v) is 6.31. The second kappa shape index (κ2) is 6.95. The highest BCUT2D eigenvalue weighted by molar-refractivity contribution is 6.05. The molecule has 3 amide bonds. The molecule has 30 heavy (non-hydrogen) atoms. The van der Waals surface area contributed by atoms with Crippen LogP contribution in [0.15, 0.2) is 42.5 Å². The number of nitrogens with zero attached hydrogens (tertiary/aromatic N) is 1. The standard InChI is InChI=1S/C23H24N4O3/c24-23(8-9-23)16-2-1-3-17(11-16)25-12-14-4-5-18-15(10-14)13-27(22(18)30)19-6-7-20(28)26-21(19)29/h1-5,10-11,19,25H,6-9,12-13,24H2,(H,26,28,29). The first kappa shape index (κ1) is 18.8. The van der Waals surface area contributed by atoms with Gasteiger partial charge in [0.15, 0.2) is 0 Å². The number of carbonyl (C=O) groups excluding carboxylic acids is 3. The smallest absolute Gasteiger partial charge is 0.255 e. The first-order valence-electron chi connectivity index (χ1n) is 10.3. The Morgan fingerprint density at radius 3 is 2.73 bits per heavy atom. The molecule has 0 bridgehead atoms. The fourth-order valence-corrected chi connectivity index (χ4v) is 4.30. The summed E-state index contributed by atoms with van der Waals surface area (Å²) in [5, 5.41) is 5.77. The normalized spacial score (nSPS) is 22.0. The monoisotopic (exact) mass is 404 g/mol. The Kier molecular flexibility index (Phi) is 4.36. The van der Waals surface area contributed by atoms with Crippen LogP contribution < -0.4 is 16.4 Å². The fraction of sp³-hybridized carbons (Fsp3) is 0.348. The van der Waals surface area contributed by atoms with Gasteiger partial charge in [0.2, 0.25) is 11.8 Å². The lowest BCUT2D eigenvalue weighted by Crippen LogP contribution is -2.52. The van der Waals surface area contributed by atoms with E-state index in [1.54, 1.807) is 4.90 Å². The second-order valence-corrected chi connectivity index (χ2v) is 8.48. The summed E-state index contributed by atoms with van der Waals surface area (Å²) >= 11 is 0. The van der Waals surface area contributed by atoms with Gasteiger partial charge in [-0.2, -0.15) is 0 Å². The van der Waals surface area contributed by atoms with E-state index in [4.69, 9.17) is 5.73 Å². The highest BCUT2D eigenvalue weighted by Crippen LogP contribution is 2.43. The Morgan fingerprint density at radius 1 is 1.13 bits per heavy atom. The van der Waals surface area contributed by atoms with Crippen molar-refractivity contribution < 1.29 is 14.4 Å². The molecule has 1 atom stereocenters. The number of fused-ring (bicyclic) bond motifs is 1. The quantitative estimate of drug-likeness (QED) is 0.662. The van der Waals surface area contributed by atoms with Crippen molar-refractivity contribution in [1.29, 1.82) is 0 Å². The van der Waals surface area contributed by atoms with Crippen LogP contribution in [0.1, 0.15) is 52.7 Å². The van der Waals surface area contributed by atoms with E-state index in [1.165, 1.54) is 0 Å². The molecule has 1 unspecified atom stereocenters. The molecule has 1 saturated heterocycles. The number of rotatable bonds is 5. The van der Waals surface area contributed by atoms with Gasteiger partial charge >= 0.3 is 0 Å². The number of hydrogen-bond donors (Lipinski definition) is 3. The van der Waals surface area contributed by atoms with Crippen LogP contribution in [0.25, 0.3) is 0 Å². The second-order valence-electron chi connectivity index (χ2n) is 8.48. The maximum Gasteiger partial charge on any atom is 0.255 e. The molecule has 2 aliphatic heterocycles. The average molecular weight is 404 g/mol. The molecule has 2 heterocycles. The minimum Gasteiger partial charge on any atom is -0.381 e. The van der Waals surface area contributed by atoms with Gasteiger partial charge in [-0.25, -0.2) is 0 Å². The first-order chi connectivity index (χ1) is 14.4. The van der Waals surface area contributed by atoms with Crippen LogP contribution >= 0.6 is 0 Å². The van der Waals surface area contributed by atoms with Gasteiger partial charge < -0.3 is 16.0 Å². The van der Waals surface area contributed by atoms with Crippen molar-refractivity contribution in [2.24, 2.45) is 5.73 Å². The molecule has 4 N–H and O–H groups in total. The van der Waals surface area contributed by atoms with Crippen molar-refractivity contribution in [3.63, 3.8) is 0 Å². The fourth-order valence-electron chi connectivity index (χ4n) is 4.30. The Morgan fingerprint density at radius 2 is 1.97 bits per heavy atom. The zero-order chi connectivity index (χ0) is 20.9. The summed E-state index contributed by atoms with van der Waals surface area (Å²) in [6.45, 7) is 1.01. The molecule has 2 fully saturated rings. The van der Waals surface area contributed by atoms with Crippen LogP contribution in [0, 0.1) is 0 Å². The van der Waals surface area contributed by atoms with E-state index in [1.807, 2.05) is 30.3 Å². The van der Waals surface area contributed by atoms with E-state index in [2.05, 4.69) is 22.8 Å². The molecule has 0 aromatic heterocycles. The van der Waals surface area contributed by atoms with Crippen molar-refractivity contribution in [1.82, 2.24) is 10.2 Å². The number of amides is 3. The Labute approximate surface area is 174 Å². The summed E-state index contributed by atoms with van der Waals surface area (Å²) in [5.41, 5.74) is 10.9. The number of nitrogens with one attached hydrogen (secondary N) is 2. The van der Waals surface area contributed by atoms with E-state index in [0.717, 1.165) is 35.2 Å². The molecule has 0 spiro atoms. The Bertz CT molecular complexity index is 1060. The number of nitrogens with two attached hydrogens (primary N) is 1.